The van der Waals surface area contributed by atoms with E-state index in [9.17, 15) is 19.2 Å². The van der Waals surface area contributed by atoms with E-state index < -0.39 is 79.8 Å². The van der Waals surface area contributed by atoms with Crippen molar-refractivity contribution in [3.05, 3.63) is 34.2 Å². The first-order valence-electron chi connectivity index (χ1n) is 9.99. The second kappa shape index (κ2) is 28.8. The molecule has 0 bridgehead atoms. The van der Waals surface area contributed by atoms with Crippen LogP contribution >= 0.6 is 0 Å². The Balaban J connectivity index is -0.000000233. The van der Waals surface area contributed by atoms with Gasteiger partial charge in [0.2, 0.25) is 0 Å². The number of nitrogens with one attached hydrogen (secondary N) is 2. The van der Waals surface area contributed by atoms with Gasteiger partial charge in [-0.25, -0.2) is 29.1 Å². The van der Waals surface area contributed by atoms with Gasteiger partial charge in [0.15, 0.2) is 22.8 Å². The van der Waals surface area contributed by atoms with E-state index in [4.69, 9.17) is 47.3 Å². The van der Waals surface area contributed by atoms with Crippen LogP contribution in [0.1, 0.15) is 94.3 Å². The van der Waals surface area contributed by atoms with E-state index in [0.717, 1.165) is 12.8 Å². The van der Waals surface area contributed by atoms with Gasteiger partial charge < -0.3 is 31.9 Å². The molecular weight excluding hydrogens is 566 g/mol. The van der Waals surface area contributed by atoms with Gasteiger partial charge in [-0.1, -0.05) is 52.4 Å². The van der Waals surface area contributed by atoms with Crippen molar-refractivity contribution < 1.29 is 88.2 Å². The predicted molar refractivity (Wildman–Crippen MR) is 113 cm³/mol. The van der Waals surface area contributed by atoms with Crippen molar-refractivity contribution in [3.8, 4) is 0 Å². The van der Waals surface area contributed by atoms with E-state index >= 15 is 0 Å². The van der Waals surface area contributed by atoms with Crippen LogP contribution in [0, 0.1) is 0 Å². The van der Waals surface area contributed by atoms with Gasteiger partial charge in [-0.3, -0.25) is 0 Å². The van der Waals surface area contributed by atoms with Crippen molar-refractivity contribution in [2.45, 2.75) is 52.4 Å². The van der Waals surface area contributed by atoms with E-state index in [1.165, 1.54) is 25.7 Å². The van der Waals surface area contributed by atoms with Crippen molar-refractivity contribution in [2.75, 3.05) is 13.1 Å². The fourth-order valence-corrected chi connectivity index (χ4v) is 1.78. The summed E-state index contributed by atoms with van der Waals surface area (Å²) in [6.45, 7) is 5.51. The van der Waals surface area contributed by atoms with Crippen LogP contribution in [0.3, 0.4) is 0 Å². The second-order valence-electron chi connectivity index (χ2n) is 5.92. The molecule has 1 aromatic heterocycles. The molecule has 1 rings (SSSR count). The molecule has 0 unspecified atom stereocenters. The number of hydrogen-bond donors (Lipinski definition) is 6. The SMILES string of the molecule is CCCCC[NH-].CCCCC[NH-].O=C(O)c1nc(C(=O)O)c(C(=O)O)nc1C(=O)O.[O]=[V][OH].[O]=[V][OH]. The van der Waals surface area contributed by atoms with Crippen molar-refractivity contribution in [3.63, 3.8) is 0 Å². The topological polar surface area (TPSA) is 297 Å². The van der Waals surface area contributed by atoms with Crippen molar-refractivity contribution in [2.24, 2.45) is 0 Å². The Morgan fingerprint density at radius 1 is 0.611 bits per heavy atom. The van der Waals surface area contributed by atoms with Gasteiger partial charge in [-0.15, -0.1) is 0 Å². The molecule has 0 saturated heterocycles. The van der Waals surface area contributed by atoms with Gasteiger partial charge in [-0.2, -0.15) is 13.1 Å². The van der Waals surface area contributed by atoms with Crippen LogP contribution in [0.2, 0.25) is 0 Å². The summed E-state index contributed by atoms with van der Waals surface area (Å²) in [5.41, 5.74) is 8.82. The molecule has 0 aromatic carbocycles. The molecule has 0 spiro atoms. The normalized spacial score (nSPS) is 8.61. The molecule has 16 nitrogen and oxygen atoms in total. The minimum absolute atomic E-state index is 0.605. The van der Waals surface area contributed by atoms with Crippen molar-refractivity contribution in [1.29, 1.82) is 0 Å². The summed E-state index contributed by atoms with van der Waals surface area (Å²) in [7, 11) is 0. The van der Waals surface area contributed by atoms with Gasteiger partial charge in [0.05, 0.1) is 0 Å². The number of carboxylic acids is 4. The molecule has 0 aliphatic rings. The third kappa shape index (κ3) is 23.3. The van der Waals surface area contributed by atoms with E-state index in [0.29, 0.717) is 13.1 Å². The first kappa shape index (κ1) is 40.7. The number of carbonyl (C=O) groups is 4. The predicted octanol–water partition coefficient (Wildman–Crippen LogP) is 2.37. The molecule has 0 saturated carbocycles. The van der Waals surface area contributed by atoms with Crippen molar-refractivity contribution in [1.82, 2.24) is 9.97 Å². The minimum atomic E-state index is -1.83. The Morgan fingerprint density at radius 2 is 0.806 bits per heavy atom. The fraction of sp³-hybridized carbons (Fsp3) is 0.556. The monoisotopic (exact) mass is 596 g/mol. The molecule has 206 valence electrons. The third-order valence-corrected chi connectivity index (χ3v) is 3.27. The number of aromatic carboxylic acids is 4. The second-order valence-corrected chi connectivity index (χ2v) is 6.43. The number of nitrogens with zero attached hydrogens (tertiary/aromatic N) is 2. The molecule has 0 fully saturated rings. The molecule has 1 aromatic rings. The molecule has 0 aliphatic carbocycles. The number of carboxylic acid groups (broad SMARTS) is 4. The Hall–Kier alpha value is -2.43. The van der Waals surface area contributed by atoms with Gasteiger partial charge >= 0.3 is 72.5 Å². The molecule has 0 aliphatic heterocycles. The summed E-state index contributed by atoms with van der Waals surface area (Å²) >= 11 is -3.12. The molecule has 1 heterocycles. The summed E-state index contributed by atoms with van der Waals surface area (Å²) in [4.78, 5) is 48.7. The molecule has 36 heavy (non-hydrogen) atoms. The number of aromatic nitrogens is 2. The first-order chi connectivity index (χ1) is 16.9. The first-order valence-corrected chi connectivity index (χ1v) is 12.4. The zero-order valence-corrected chi connectivity index (χ0v) is 22.4. The third-order valence-electron chi connectivity index (χ3n) is 3.27. The van der Waals surface area contributed by atoms with Crippen LogP contribution in [0.25, 0.3) is 11.5 Å². The Kier molecular flexibility index (Phi) is 32.6. The maximum atomic E-state index is 10.7. The molecule has 18 heteroatoms. The summed E-state index contributed by atoms with van der Waals surface area (Å²) in [5, 5.41) is 34.6. The fourth-order valence-electron chi connectivity index (χ4n) is 1.78. The van der Waals surface area contributed by atoms with Crippen LogP contribution in [0.5, 0.6) is 0 Å². The van der Waals surface area contributed by atoms with Crippen LogP contribution in [-0.2, 0) is 40.5 Å². The average Bonchev–Trinajstić information content (AvgIpc) is 2.82. The quantitative estimate of drug-likeness (QED) is 0.211. The maximum absolute atomic E-state index is 10.7. The van der Waals surface area contributed by atoms with Crippen LogP contribution < -0.4 is 0 Å². The van der Waals surface area contributed by atoms with E-state index in [1.54, 1.807) is 0 Å². The molecule has 0 atom stereocenters. The zero-order valence-electron chi connectivity index (χ0n) is 19.6. The Bertz CT molecular complexity index is 692. The van der Waals surface area contributed by atoms with Gasteiger partial charge in [0.25, 0.3) is 0 Å². The van der Waals surface area contributed by atoms with E-state index in [1.807, 2.05) is 0 Å². The summed E-state index contributed by atoms with van der Waals surface area (Å²) in [5.74, 6) is -7.34. The molecular formula is C18H30N4O12V2-2. The van der Waals surface area contributed by atoms with Crippen LogP contribution in [-0.4, -0.2) is 75.4 Å². The number of hydrogen-bond acceptors (Lipinski definition) is 8. The number of rotatable bonds is 10. The van der Waals surface area contributed by atoms with E-state index in [2.05, 4.69) is 23.8 Å². The summed E-state index contributed by atoms with van der Waals surface area (Å²) in [6, 6.07) is 0. The Morgan fingerprint density at radius 3 is 0.889 bits per heavy atom. The van der Waals surface area contributed by atoms with Gasteiger partial charge in [0.1, 0.15) is 0 Å². The van der Waals surface area contributed by atoms with Gasteiger partial charge in [-0.05, 0) is 0 Å². The average molecular weight is 596 g/mol. The van der Waals surface area contributed by atoms with Crippen molar-refractivity contribution >= 4 is 23.9 Å². The van der Waals surface area contributed by atoms with Crippen LogP contribution in [0.4, 0.5) is 0 Å². The standard InChI is InChI=1S/C8H4N2O8.2C5H12N.2H2O.2O.2V/c11-5(12)1-2(6(13)14)10-4(8(17)18)3(9-1)7(15)16;2*1-2-3-4-5-6;;;;;;/h(H,11,12)(H,13,14)(H,15,16)(H,17,18);2*6H,2-5H2,1H3;2*1H2;;;;/q;2*-1;;;;;2*+1/p-2. The summed E-state index contributed by atoms with van der Waals surface area (Å²) in [6.07, 6.45) is 7.08. The van der Waals surface area contributed by atoms with Crippen LogP contribution in [0.15, 0.2) is 0 Å². The number of unbranched alkanes of at least 4 members (excludes halogenated alkanes) is 4. The molecule has 0 radical (unpaired) electrons. The zero-order chi connectivity index (χ0) is 29.1. The molecule has 8 N–H and O–H groups in total. The molecule has 0 amide bonds. The van der Waals surface area contributed by atoms with E-state index in [-0.39, 0.29) is 0 Å². The summed E-state index contributed by atoms with van der Waals surface area (Å²) < 4.78 is 31.4. The Labute approximate surface area is 221 Å². The van der Waals surface area contributed by atoms with Gasteiger partial charge in [0, 0.05) is 0 Å².